The molecule has 23 heavy (non-hydrogen) atoms. The lowest BCUT2D eigenvalue weighted by Gasteiger charge is -2.29. The molecule has 1 unspecified atom stereocenters. The topological polar surface area (TPSA) is 32.3 Å². The number of nitrogens with zero attached hydrogens (tertiary/aromatic N) is 1. The number of anilines is 1. The van der Waals surface area contributed by atoms with E-state index in [0.717, 1.165) is 24.2 Å². The second-order valence-electron chi connectivity index (χ2n) is 5.48. The molecule has 0 spiro atoms. The monoisotopic (exact) mass is 314 g/mol. The number of amides is 1. The highest BCUT2D eigenvalue weighted by molar-refractivity contribution is 5.96. The Bertz CT molecular complexity index is 654. The van der Waals surface area contributed by atoms with E-state index in [0.29, 0.717) is 5.69 Å². The average Bonchev–Trinajstić information content (AvgIpc) is 2.56. The van der Waals surface area contributed by atoms with Gasteiger partial charge in [0.05, 0.1) is 0 Å². The number of carbonyl (C=O) groups is 1. The van der Waals surface area contributed by atoms with Crippen LogP contribution in [0.1, 0.15) is 31.0 Å². The number of nitrogens with one attached hydrogen (secondary N) is 1. The summed E-state index contributed by atoms with van der Waals surface area (Å²) in [6.07, 6.45) is 0. The summed E-state index contributed by atoms with van der Waals surface area (Å²) in [5.74, 6) is -0.501. The van der Waals surface area contributed by atoms with Crippen molar-refractivity contribution in [1.82, 2.24) is 4.90 Å². The van der Waals surface area contributed by atoms with Crippen LogP contribution in [0.3, 0.4) is 0 Å². The van der Waals surface area contributed by atoms with Crippen molar-refractivity contribution in [1.29, 1.82) is 0 Å². The lowest BCUT2D eigenvalue weighted by molar-refractivity contribution is -0.121. The van der Waals surface area contributed by atoms with E-state index < -0.39 is 6.04 Å². The summed E-state index contributed by atoms with van der Waals surface area (Å²) in [5, 5.41) is 2.88. The Morgan fingerprint density at radius 3 is 2.39 bits per heavy atom. The van der Waals surface area contributed by atoms with Gasteiger partial charge in [-0.2, -0.15) is 0 Å². The molecule has 2 aromatic carbocycles. The molecule has 0 radical (unpaired) electrons. The summed E-state index contributed by atoms with van der Waals surface area (Å²) in [5.41, 5.74) is 2.29. The zero-order valence-electron chi connectivity index (χ0n) is 13.8. The molecule has 1 amide bonds. The van der Waals surface area contributed by atoms with Gasteiger partial charge in [0.15, 0.2) is 0 Å². The highest BCUT2D eigenvalue weighted by Crippen LogP contribution is 2.24. The molecular formula is C19H23FN2O. The Balaban J connectivity index is 2.31. The van der Waals surface area contributed by atoms with E-state index in [9.17, 15) is 9.18 Å². The molecule has 1 N–H and O–H groups in total. The average molecular weight is 314 g/mol. The molecule has 2 aromatic rings. The van der Waals surface area contributed by atoms with E-state index >= 15 is 0 Å². The number of carbonyl (C=O) groups excluding carboxylic acids is 1. The van der Waals surface area contributed by atoms with Crippen LogP contribution < -0.4 is 5.32 Å². The zero-order valence-corrected chi connectivity index (χ0v) is 13.8. The van der Waals surface area contributed by atoms with Gasteiger partial charge in [0, 0.05) is 5.69 Å². The molecule has 0 aliphatic rings. The van der Waals surface area contributed by atoms with Crippen molar-refractivity contribution in [3.8, 4) is 0 Å². The van der Waals surface area contributed by atoms with Crippen LogP contribution >= 0.6 is 0 Å². The minimum Gasteiger partial charge on any atom is -0.324 e. The molecule has 0 aliphatic carbocycles. The molecule has 0 saturated heterocycles. The fraction of sp³-hybridized carbons (Fsp3) is 0.316. The first-order valence-electron chi connectivity index (χ1n) is 7.92. The second-order valence-corrected chi connectivity index (χ2v) is 5.48. The molecule has 2 rings (SSSR count). The molecule has 4 heteroatoms. The molecule has 3 nitrogen and oxygen atoms in total. The first kappa shape index (κ1) is 17.2. The van der Waals surface area contributed by atoms with Crippen molar-refractivity contribution >= 4 is 11.6 Å². The number of benzene rings is 2. The van der Waals surface area contributed by atoms with Crippen molar-refractivity contribution in [3.05, 3.63) is 65.5 Å². The van der Waals surface area contributed by atoms with E-state index in [1.165, 1.54) is 12.1 Å². The Hall–Kier alpha value is -2.20. The highest BCUT2D eigenvalue weighted by atomic mass is 19.1. The van der Waals surface area contributed by atoms with Crippen molar-refractivity contribution in [2.24, 2.45) is 0 Å². The van der Waals surface area contributed by atoms with Gasteiger partial charge in [-0.15, -0.1) is 0 Å². The highest BCUT2D eigenvalue weighted by Gasteiger charge is 2.26. The summed E-state index contributed by atoms with van der Waals surface area (Å²) in [6, 6.07) is 13.7. The third-order valence-corrected chi connectivity index (χ3v) is 4.00. The van der Waals surface area contributed by atoms with Gasteiger partial charge in [-0.05, 0) is 43.3 Å². The van der Waals surface area contributed by atoms with E-state index in [1.54, 1.807) is 6.07 Å². The Morgan fingerprint density at radius 1 is 1.13 bits per heavy atom. The summed E-state index contributed by atoms with van der Waals surface area (Å²) in [6.45, 7) is 7.42. The lowest BCUT2D eigenvalue weighted by Crippen LogP contribution is -2.37. The van der Waals surface area contributed by atoms with E-state index in [1.807, 2.05) is 51.1 Å². The predicted octanol–water partition coefficient (Wildman–Crippen LogP) is 4.16. The van der Waals surface area contributed by atoms with Crippen LogP contribution in [0.4, 0.5) is 10.1 Å². The number of rotatable bonds is 6. The van der Waals surface area contributed by atoms with Crippen molar-refractivity contribution in [3.63, 3.8) is 0 Å². The smallest absolute Gasteiger partial charge is 0.246 e. The Morgan fingerprint density at radius 2 is 1.78 bits per heavy atom. The third-order valence-electron chi connectivity index (χ3n) is 4.00. The molecule has 0 heterocycles. The lowest BCUT2D eigenvalue weighted by atomic mass is 10.0. The Kier molecular flexibility index (Phi) is 5.88. The van der Waals surface area contributed by atoms with E-state index in [2.05, 4.69) is 10.2 Å². The van der Waals surface area contributed by atoms with Crippen LogP contribution in [0, 0.1) is 12.7 Å². The van der Waals surface area contributed by atoms with Gasteiger partial charge in [0.1, 0.15) is 11.9 Å². The molecule has 0 bridgehead atoms. The van der Waals surface area contributed by atoms with Gasteiger partial charge in [0.25, 0.3) is 0 Å². The number of hydrogen-bond acceptors (Lipinski definition) is 2. The summed E-state index contributed by atoms with van der Waals surface area (Å²) >= 11 is 0. The van der Waals surface area contributed by atoms with Gasteiger partial charge in [-0.1, -0.05) is 50.2 Å². The summed E-state index contributed by atoms with van der Waals surface area (Å²) in [7, 11) is 0. The van der Waals surface area contributed by atoms with Crippen molar-refractivity contribution < 1.29 is 9.18 Å². The number of halogens is 1. The number of hydrogen-bond donors (Lipinski definition) is 1. The predicted molar refractivity (Wildman–Crippen MR) is 91.9 cm³/mol. The molecule has 0 aliphatic heterocycles. The van der Waals surface area contributed by atoms with Crippen LogP contribution in [0.15, 0.2) is 48.5 Å². The van der Waals surface area contributed by atoms with Crippen molar-refractivity contribution in [2.45, 2.75) is 26.8 Å². The van der Waals surface area contributed by atoms with Crippen LogP contribution in [-0.2, 0) is 4.79 Å². The summed E-state index contributed by atoms with van der Waals surface area (Å²) < 4.78 is 13.5. The molecule has 0 fully saturated rings. The van der Waals surface area contributed by atoms with Crippen LogP contribution in [0.5, 0.6) is 0 Å². The maximum absolute atomic E-state index is 13.5. The standard InChI is InChI=1S/C19H23FN2O/c1-4-22(5-2)18(15-9-7-6-8-10-15)19(23)21-17-13-16(20)12-11-14(17)3/h6-13,18H,4-5H2,1-3H3,(H,21,23). The maximum Gasteiger partial charge on any atom is 0.246 e. The number of likely N-dealkylation sites (N-methyl/N-ethyl adjacent to an activating group) is 1. The molecule has 122 valence electrons. The molecular weight excluding hydrogens is 291 g/mol. The van der Waals surface area contributed by atoms with Gasteiger partial charge in [-0.25, -0.2) is 4.39 Å². The van der Waals surface area contributed by atoms with Crippen LogP contribution in [-0.4, -0.2) is 23.9 Å². The van der Waals surface area contributed by atoms with Crippen molar-refractivity contribution in [2.75, 3.05) is 18.4 Å². The maximum atomic E-state index is 13.5. The first-order chi connectivity index (χ1) is 11.1. The van der Waals surface area contributed by atoms with Gasteiger partial charge < -0.3 is 5.32 Å². The molecule has 0 saturated carbocycles. The largest absolute Gasteiger partial charge is 0.324 e. The zero-order chi connectivity index (χ0) is 16.8. The Labute approximate surface area is 137 Å². The summed E-state index contributed by atoms with van der Waals surface area (Å²) in [4.78, 5) is 14.9. The first-order valence-corrected chi connectivity index (χ1v) is 7.92. The fourth-order valence-corrected chi connectivity index (χ4v) is 2.68. The van der Waals surface area contributed by atoms with Crippen LogP contribution in [0.2, 0.25) is 0 Å². The minimum atomic E-state index is -0.395. The van der Waals surface area contributed by atoms with E-state index in [-0.39, 0.29) is 11.7 Å². The van der Waals surface area contributed by atoms with E-state index in [4.69, 9.17) is 0 Å². The SMILES string of the molecule is CCN(CC)C(C(=O)Nc1cc(F)ccc1C)c1ccccc1. The van der Waals surface area contributed by atoms with Crippen LogP contribution in [0.25, 0.3) is 0 Å². The van der Waals surface area contributed by atoms with Gasteiger partial charge in [0.2, 0.25) is 5.91 Å². The van der Waals surface area contributed by atoms with Gasteiger partial charge >= 0.3 is 0 Å². The normalized spacial score (nSPS) is 12.2. The quantitative estimate of drug-likeness (QED) is 0.868. The minimum absolute atomic E-state index is 0.145. The molecule has 0 aromatic heterocycles. The third kappa shape index (κ3) is 4.17. The molecule has 1 atom stereocenters. The number of aryl methyl sites for hydroxylation is 1. The fourth-order valence-electron chi connectivity index (χ4n) is 2.68. The second kappa shape index (κ2) is 7.88. The van der Waals surface area contributed by atoms with Gasteiger partial charge in [-0.3, -0.25) is 9.69 Å².